The summed E-state index contributed by atoms with van der Waals surface area (Å²) < 4.78 is 17.4. The minimum Gasteiger partial charge on any atom is -0.384 e. The first-order chi connectivity index (χ1) is 22.9. The Balaban J connectivity index is 1.01. The van der Waals surface area contributed by atoms with E-state index < -0.39 is 0 Å². The number of pyridine rings is 1. The first-order valence-electron chi connectivity index (χ1n) is 17.0. The zero-order valence-electron chi connectivity index (χ0n) is 27.0. The summed E-state index contributed by atoms with van der Waals surface area (Å²) in [6.45, 7) is 6.06. The molecule has 9 heteroatoms. The van der Waals surface area contributed by atoms with E-state index >= 15 is 0 Å². The van der Waals surface area contributed by atoms with E-state index in [0.29, 0.717) is 18.9 Å². The van der Waals surface area contributed by atoms with Gasteiger partial charge in [0.1, 0.15) is 11.6 Å². The average Bonchev–Trinajstić information content (AvgIpc) is 3.41. The lowest BCUT2D eigenvalue weighted by atomic mass is 9.93. The molecule has 1 unspecified atom stereocenters. The van der Waals surface area contributed by atoms with Gasteiger partial charge in [-0.25, -0.2) is 14.2 Å². The third-order valence-electron chi connectivity index (χ3n) is 10.4. The largest absolute Gasteiger partial charge is 0.384 e. The third-order valence-corrected chi connectivity index (χ3v) is 10.4. The number of aromatic nitrogens is 3. The summed E-state index contributed by atoms with van der Waals surface area (Å²) in [6.07, 6.45) is 11.1. The lowest BCUT2D eigenvalue weighted by Crippen LogP contribution is -2.46. The van der Waals surface area contributed by atoms with Gasteiger partial charge < -0.3 is 10.6 Å². The standard InChI is InChI=1S/C38H43FN6O2/c1-26(28-7-9-29(10-8-28)30-11-13-32(39)14-12-30)44-34-4-2-3-5-35(34)45(38(44)47)33-18-22-43(23-19-33)37(46)31-16-20-42(21-17-31)25-27-6-15-36(40)41-24-27/h3,5-15,24,26,31,33H,2,4,16-23,25H2,1H3,(H2,40,41). The highest BCUT2D eigenvalue weighted by atomic mass is 19.1. The zero-order valence-corrected chi connectivity index (χ0v) is 27.0. The van der Waals surface area contributed by atoms with Gasteiger partial charge in [-0.15, -0.1) is 0 Å². The minimum absolute atomic E-state index is 0.0325. The fraction of sp³-hybridized carbons (Fsp3) is 0.395. The number of carbonyl (C=O) groups is 1. The zero-order chi connectivity index (χ0) is 32.5. The van der Waals surface area contributed by atoms with Crippen molar-refractivity contribution in [3.8, 4) is 11.1 Å². The van der Waals surface area contributed by atoms with Crippen LogP contribution in [0.25, 0.3) is 17.2 Å². The highest BCUT2D eigenvalue weighted by molar-refractivity contribution is 5.79. The Morgan fingerprint density at radius 2 is 1.62 bits per heavy atom. The molecule has 0 saturated carbocycles. The van der Waals surface area contributed by atoms with Gasteiger partial charge in [0.05, 0.1) is 11.7 Å². The number of likely N-dealkylation sites (tertiary alicyclic amines) is 2. The van der Waals surface area contributed by atoms with Crippen LogP contribution in [0.3, 0.4) is 0 Å². The molecule has 0 bridgehead atoms. The Kier molecular flexibility index (Phi) is 8.82. The number of carbonyl (C=O) groups excluding carboxylic acids is 1. The van der Waals surface area contributed by atoms with Crippen molar-refractivity contribution in [3.63, 3.8) is 0 Å². The van der Waals surface area contributed by atoms with E-state index in [9.17, 15) is 14.0 Å². The smallest absolute Gasteiger partial charge is 0.329 e. The number of hydrogen-bond donors (Lipinski definition) is 1. The molecule has 1 atom stereocenters. The van der Waals surface area contributed by atoms with Crippen molar-refractivity contribution in [1.29, 1.82) is 0 Å². The van der Waals surface area contributed by atoms with E-state index in [0.717, 1.165) is 91.8 Å². The Hall–Kier alpha value is -4.50. The number of allylic oxidation sites excluding steroid dienone is 1. The van der Waals surface area contributed by atoms with Crippen LogP contribution in [0.5, 0.6) is 0 Å². The first-order valence-corrected chi connectivity index (χ1v) is 17.0. The van der Waals surface area contributed by atoms with E-state index in [1.807, 2.05) is 44.5 Å². The summed E-state index contributed by atoms with van der Waals surface area (Å²) in [6, 6.07) is 18.5. The van der Waals surface area contributed by atoms with Gasteiger partial charge in [-0.1, -0.05) is 48.5 Å². The highest BCUT2D eigenvalue weighted by Crippen LogP contribution is 2.32. The molecule has 1 aliphatic carbocycles. The van der Waals surface area contributed by atoms with Crippen LogP contribution in [0.15, 0.2) is 77.7 Å². The lowest BCUT2D eigenvalue weighted by molar-refractivity contribution is -0.138. The highest BCUT2D eigenvalue weighted by Gasteiger charge is 2.34. The number of imidazole rings is 1. The van der Waals surface area contributed by atoms with Crippen molar-refractivity contribution in [3.05, 3.63) is 112 Å². The molecule has 4 aromatic rings. The molecule has 0 spiro atoms. The Bertz CT molecular complexity index is 1790. The molecule has 2 N–H and O–H groups in total. The minimum atomic E-state index is -0.250. The predicted molar refractivity (Wildman–Crippen MR) is 183 cm³/mol. The summed E-state index contributed by atoms with van der Waals surface area (Å²) in [7, 11) is 0. The van der Waals surface area contributed by atoms with Gasteiger partial charge in [-0.3, -0.25) is 18.8 Å². The summed E-state index contributed by atoms with van der Waals surface area (Å²) in [5, 5.41) is 0. The maximum atomic E-state index is 14.2. The number of nitrogens with zero attached hydrogens (tertiary/aromatic N) is 5. The second-order valence-corrected chi connectivity index (χ2v) is 13.3. The van der Waals surface area contributed by atoms with Crippen LogP contribution in [0.4, 0.5) is 10.2 Å². The summed E-state index contributed by atoms with van der Waals surface area (Å²) in [4.78, 5) is 36.4. The van der Waals surface area contributed by atoms with Crippen molar-refractivity contribution in [2.75, 3.05) is 31.9 Å². The SMILES string of the molecule is CC(c1ccc(-c2ccc(F)cc2)cc1)n1c2c(n(C3CCN(C(=O)C4CCN(Cc5ccc(N)nc5)CC4)CC3)c1=O)C=CCC2. The quantitative estimate of drug-likeness (QED) is 0.266. The molecular weight excluding hydrogens is 591 g/mol. The van der Waals surface area contributed by atoms with E-state index in [4.69, 9.17) is 5.73 Å². The van der Waals surface area contributed by atoms with E-state index in [2.05, 4.69) is 41.1 Å². The van der Waals surface area contributed by atoms with Crippen LogP contribution in [0.2, 0.25) is 0 Å². The van der Waals surface area contributed by atoms with Gasteiger partial charge in [0.2, 0.25) is 5.91 Å². The number of rotatable bonds is 7. The van der Waals surface area contributed by atoms with Crippen LogP contribution in [-0.2, 0) is 17.8 Å². The van der Waals surface area contributed by atoms with Gasteiger partial charge in [0.25, 0.3) is 0 Å². The van der Waals surface area contributed by atoms with Crippen LogP contribution in [0.1, 0.15) is 73.6 Å². The number of hydrogen-bond acceptors (Lipinski definition) is 5. The van der Waals surface area contributed by atoms with Gasteiger partial charge in [-0.2, -0.15) is 0 Å². The maximum Gasteiger partial charge on any atom is 0.329 e. The van der Waals surface area contributed by atoms with Crippen molar-refractivity contribution in [1.82, 2.24) is 23.9 Å². The summed E-state index contributed by atoms with van der Waals surface area (Å²) >= 11 is 0. The second-order valence-electron chi connectivity index (χ2n) is 13.3. The molecule has 2 aromatic carbocycles. The molecule has 3 aliphatic rings. The molecule has 4 heterocycles. The molecule has 2 aliphatic heterocycles. The Labute approximate surface area is 275 Å². The van der Waals surface area contributed by atoms with Crippen molar-refractivity contribution < 1.29 is 9.18 Å². The second kappa shape index (κ2) is 13.3. The number of benzene rings is 2. The molecule has 8 nitrogen and oxygen atoms in total. The van der Waals surface area contributed by atoms with Gasteiger partial charge >= 0.3 is 5.69 Å². The van der Waals surface area contributed by atoms with Crippen LogP contribution in [0, 0.1) is 11.7 Å². The van der Waals surface area contributed by atoms with Crippen molar-refractivity contribution >= 4 is 17.8 Å². The summed E-state index contributed by atoms with van der Waals surface area (Å²) in [5.74, 6) is 0.602. The predicted octanol–water partition coefficient (Wildman–Crippen LogP) is 6.08. The normalized spacial score (nSPS) is 18.3. The van der Waals surface area contributed by atoms with E-state index in [-0.39, 0.29) is 35.4 Å². The van der Waals surface area contributed by atoms with E-state index in [1.165, 1.54) is 12.1 Å². The van der Waals surface area contributed by atoms with Gasteiger partial charge in [0.15, 0.2) is 0 Å². The molecule has 47 heavy (non-hydrogen) atoms. The molecular formula is C38H43FN6O2. The topological polar surface area (TPSA) is 89.4 Å². The number of amides is 1. The van der Waals surface area contributed by atoms with E-state index in [1.54, 1.807) is 12.1 Å². The number of nitrogens with two attached hydrogens (primary N) is 1. The molecule has 2 saturated heterocycles. The molecule has 7 rings (SSSR count). The fourth-order valence-electron chi connectivity index (χ4n) is 7.66. The van der Waals surface area contributed by atoms with Crippen molar-refractivity contribution in [2.45, 2.75) is 64.1 Å². The van der Waals surface area contributed by atoms with Gasteiger partial charge in [-0.05, 0) is 105 Å². The Morgan fingerprint density at radius 3 is 2.28 bits per heavy atom. The monoisotopic (exact) mass is 634 g/mol. The van der Waals surface area contributed by atoms with Crippen molar-refractivity contribution in [2.24, 2.45) is 5.92 Å². The van der Waals surface area contributed by atoms with Gasteiger partial charge in [0, 0.05) is 43.5 Å². The molecule has 1 amide bonds. The average molecular weight is 635 g/mol. The molecule has 2 aromatic heterocycles. The number of anilines is 1. The molecule has 2 fully saturated rings. The number of nitrogen functional groups attached to an aromatic ring is 1. The third kappa shape index (κ3) is 6.41. The lowest BCUT2D eigenvalue weighted by Gasteiger charge is -2.37. The maximum absolute atomic E-state index is 14.2. The van der Waals surface area contributed by atoms with Crippen LogP contribution >= 0.6 is 0 Å². The summed E-state index contributed by atoms with van der Waals surface area (Å²) in [5.41, 5.74) is 12.0. The van der Waals surface area contributed by atoms with Crippen LogP contribution in [-0.4, -0.2) is 56.0 Å². The molecule has 0 radical (unpaired) electrons. The number of fused-ring (bicyclic) bond motifs is 1. The fourth-order valence-corrected chi connectivity index (χ4v) is 7.66. The number of halogens is 1. The van der Waals surface area contributed by atoms with Crippen LogP contribution < -0.4 is 11.4 Å². The molecule has 244 valence electrons. The number of piperidine rings is 2. The first kappa shape index (κ1) is 31.1. The Morgan fingerprint density at radius 1 is 0.936 bits per heavy atom.